The van der Waals surface area contributed by atoms with E-state index in [0.717, 1.165) is 0 Å². The number of hydrogen-bond donors (Lipinski definition) is 1. The SMILES string of the molecule is C[C-](C)C.Oc1ccccc1.[Br][Ti][Br]. The molecule has 0 aromatic heterocycles. The van der Waals surface area contributed by atoms with Crippen LogP contribution in [-0.4, -0.2) is 5.11 Å². The molecule has 0 radical (unpaired) electrons. The number of benzene rings is 1. The number of phenolic OH excluding ortho intramolecular Hbond substituents is 1. The second-order valence-electron chi connectivity index (χ2n) is 2.91. The van der Waals surface area contributed by atoms with Gasteiger partial charge >= 0.3 is 41.3 Å². The van der Waals surface area contributed by atoms with Crippen molar-refractivity contribution in [2.24, 2.45) is 0 Å². The van der Waals surface area contributed by atoms with Crippen LogP contribution in [0, 0.1) is 5.92 Å². The molecule has 0 aliphatic carbocycles. The molecule has 0 unspecified atom stereocenters. The predicted molar refractivity (Wildman–Crippen MR) is 66.2 cm³/mol. The van der Waals surface area contributed by atoms with Crippen LogP contribution in [0.3, 0.4) is 0 Å². The maximum absolute atomic E-state index is 8.63. The fourth-order valence-corrected chi connectivity index (χ4v) is 0.428. The minimum absolute atomic E-state index is 0.125. The number of halogens is 2. The van der Waals surface area contributed by atoms with Crippen molar-refractivity contribution in [3.05, 3.63) is 36.2 Å². The molecule has 0 saturated carbocycles. The summed E-state index contributed by atoms with van der Waals surface area (Å²) in [7, 11) is 0. The Morgan fingerprint density at radius 2 is 1.36 bits per heavy atom. The van der Waals surface area contributed by atoms with E-state index in [9.17, 15) is 0 Å². The van der Waals surface area contributed by atoms with Crippen LogP contribution in [-0.2, 0) is 15.0 Å². The molecule has 1 N–H and O–H groups in total. The Morgan fingerprint density at radius 3 is 1.50 bits per heavy atom. The summed E-state index contributed by atoms with van der Waals surface area (Å²) in [6, 6.07) is 8.71. The molecule has 1 aromatic carbocycles. The molecule has 0 atom stereocenters. The molecule has 14 heavy (non-hydrogen) atoms. The molecule has 0 bridgehead atoms. The molecule has 4 heteroatoms. The van der Waals surface area contributed by atoms with E-state index in [1.54, 1.807) is 24.3 Å². The van der Waals surface area contributed by atoms with Crippen LogP contribution in [0.5, 0.6) is 5.75 Å². The Morgan fingerprint density at radius 1 is 1.07 bits per heavy atom. The molecule has 1 rings (SSSR count). The molecular weight excluding hydrogens is 344 g/mol. The zero-order valence-corrected chi connectivity index (χ0v) is 13.3. The van der Waals surface area contributed by atoms with Crippen molar-refractivity contribution in [1.82, 2.24) is 0 Å². The van der Waals surface area contributed by atoms with Gasteiger partial charge in [0, 0.05) is 0 Å². The first-order valence-corrected chi connectivity index (χ1v) is 11.7. The third-order valence-electron chi connectivity index (χ3n) is 0.756. The standard InChI is InChI=1S/C6H6O.C4H9.2BrH.Ti/c7-6-4-2-1-3-5-6;1-4(2)3;;;/h1-5,7H;1-3H3;2*1H;/q;-1;;;+2/p-2. The molecule has 1 aromatic rings. The van der Waals surface area contributed by atoms with E-state index >= 15 is 0 Å². The van der Waals surface area contributed by atoms with Gasteiger partial charge in [-0.2, -0.15) is 20.8 Å². The van der Waals surface area contributed by atoms with Crippen molar-refractivity contribution < 1.29 is 20.1 Å². The van der Waals surface area contributed by atoms with Crippen molar-refractivity contribution in [1.29, 1.82) is 0 Å². The molecule has 0 aliphatic rings. The van der Waals surface area contributed by atoms with Crippen LogP contribution in [0.1, 0.15) is 20.8 Å². The Labute approximate surface area is 108 Å². The van der Waals surface area contributed by atoms with Gasteiger partial charge in [-0.3, -0.25) is 0 Å². The van der Waals surface area contributed by atoms with E-state index in [4.69, 9.17) is 5.11 Å². The van der Waals surface area contributed by atoms with Crippen LogP contribution in [0.25, 0.3) is 0 Å². The topological polar surface area (TPSA) is 20.2 Å². The van der Waals surface area contributed by atoms with Gasteiger partial charge < -0.3 is 11.0 Å². The van der Waals surface area contributed by atoms with Gasteiger partial charge in [-0.25, -0.2) is 0 Å². The molecule has 0 amide bonds. The van der Waals surface area contributed by atoms with Crippen LogP contribution in [0.2, 0.25) is 0 Å². The first-order chi connectivity index (χ1) is 6.54. The summed E-state index contributed by atoms with van der Waals surface area (Å²) in [6.07, 6.45) is 0. The molecule has 0 fully saturated rings. The Hall–Kier alpha value is 0.694. The van der Waals surface area contributed by atoms with Crippen LogP contribution in [0.15, 0.2) is 30.3 Å². The predicted octanol–water partition coefficient (Wildman–Crippen LogP) is 4.70. The average molecular weight is 359 g/mol. The molecule has 0 saturated heterocycles. The van der Waals surface area contributed by atoms with Crippen molar-refractivity contribution in [3.8, 4) is 5.75 Å². The summed E-state index contributed by atoms with van der Waals surface area (Å²) in [5.41, 5.74) is 0. The van der Waals surface area contributed by atoms with Crippen molar-refractivity contribution in [2.45, 2.75) is 20.8 Å². The zero-order chi connectivity index (χ0) is 11.4. The summed E-state index contributed by atoms with van der Waals surface area (Å²) >= 11 is 6.50. The zero-order valence-electron chi connectivity index (χ0n) is 8.59. The van der Waals surface area contributed by atoms with Crippen molar-refractivity contribution in [3.63, 3.8) is 0 Å². The number of rotatable bonds is 0. The fourth-order valence-electron chi connectivity index (χ4n) is 0.428. The van der Waals surface area contributed by atoms with E-state index in [2.05, 4.69) is 47.1 Å². The average Bonchev–Trinajstić information content (AvgIpc) is 2.05. The van der Waals surface area contributed by atoms with Crippen molar-refractivity contribution >= 4 is 26.3 Å². The maximum atomic E-state index is 8.63. The first-order valence-electron chi connectivity index (χ1n) is 4.01. The van der Waals surface area contributed by atoms with Gasteiger partial charge in [0.15, 0.2) is 0 Å². The van der Waals surface area contributed by atoms with E-state index in [1.807, 2.05) is 6.07 Å². The van der Waals surface area contributed by atoms with E-state index in [-0.39, 0.29) is 15.0 Å². The molecule has 0 aliphatic heterocycles. The number of para-hydroxylation sites is 1. The summed E-state index contributed by atoms with van der Waals surface area (Å²) in [5.74, 6) is 1.74. The van der Waals surface area contributed by atoms with Gasteiger partial charge in [0.05, 0.1) is 0 Å². The van der Waals surface area contributed by atoms with Gasteiger partial charge in [0.1, 0.15) is 5.75 Å². The fraction of sp³-hybridized carbons (Fsp3) is 0.300. The van der Waals surface area contributed by atoms with Crippen molar-refractivity contribution in [2.75, 3.05) is 0 Å². The van der Waals surface area contributed by atoms with Gasteiger partial charge in [-0.1, -0.05) is 18.2 Å². The quantitative estimate of drug-likeness (QED) is 0.526. The van der Waals surface area contributed by atoms with Gasteiger partial charge in [0.2, 0.25) is 0 Å². The van der Waals surface area contributed by atoms with Gasteiger partial charge in [-0.15, -0.1) is 0 Å². The summed E-state index contributed by atoms with van der Waals surface area (Å²) in [4.78, 5) is 0. The second-order valence-corrected chi connectivity index (χ2v) is 10.8. The number of phenols is 1. The first kappa shape index (κ1) is 17.1. The molecule has 0 heterocycles. The Kier molecular flexibility index (Phi) is 16.7. The third-order valence-corrected chi connectivity index (χ3v) is 0.756. The summed E-state index contributed by atoms with van der Waals surface area (Å²) < 4.78 is 0. The Balaban J connectivity index is 0. The third kappa shape index (κ3) is 23.0. The van der Waals surface area contributed by atoms with E-state index in [1.165, 1.54) is 5.92 Å². The van der Waals surface area contributed by atoms with E-state index < -0.39 is 0 Å². The molecular formula is C10H15Br2OTi-. The summed E-state index contributed by atoms with van der Waals surface area (Å²) in [5, 5.41) is 8.63. The molecule has 80 valence electrons. The van der Waals surface area contributed by atoms with Gasteiger partial charge in [0.25, 0.3) is 0 Å². The van der Waals surface area contributed by atoms with E-state index in [0.29, 0.717) is 5.75 Å². The van der Waals surface area contributed by atoms with Crippen LogP contribution < -0.4 is 0 Å². The van der Waals surface area contributed by atoms with Gasteiger partial charge in [-0.05, 0) is 12.1 Å². The van der Waals surface area contributed by atoms with Crippen LogP contribution in [0.4, 0.5) is 0 Å². The second kappa shape index (κ2) is 13.7. The minimum atomic E-state index is 0.125. The number of aromatic hydroxyl groups is 1. The van der Waals surface area contributed by atoms with Crippen LogP contribution >= 0.6 is 26.3 Å². The molecule has 0 spiro atoms. The molecule has 1 nitrogen and oxygen atoms in total. The monoisotopic (exact) mass is 357 g/mol. The summed E-state index contributed by atoms with van der Waals surface area (Å²) in [6.45, 7) is 6.25. The Bertz CT molecular complexity index is 190. The number of hydrogen-bond acceptors (Lipinski definition) is 1. The normalized spacial score (nSPS) is 7.86.